The maximum Gasteiger partial charge on any atom is 0.229 e. The van der Waals surface area contributed by atoms with Gasteiger partial charge in [-0.15, -0.1) is 10.2 Å². The Balaban J connectivity index is 1.19. The average Bonchev–Trinajstić information content (AvgIpc) is 3.31. The van der Waals surface area contributed by atoms with Gasteiger partial charge in [0.1, 0.15) is 5.75 Å². The Labute approximate surface area is 204 Å². The van der Waals surface area contributed by atoms with Crippen LogP contribution in [0, 0.1) is 5.92 Å². The Bertz CT molecular complexity index is 1170. The number of nitrogens with one attached hydrogen (secondary N) is 1. The van der Waals surface area contributed by atoms with Gasteiger partial charge in [0.15, 0.2) is 5.82 Å². The van der Waals surface area contributed by atoms with Crippen LogP contribution >= 0.6 is 0 Å². The fraction of sp³-hybridized carbons (Fsp3) is 0.333. The largest absolute Gasteiger partial charge is 0.497 e. The van der Waals surface area contributed by atoms with Crippen molar-refractivity contribution in [1.29, 1.82) is 0 Å². The SMILES string of the molecule is COc1ccc(N2CC(C(=O)Nc3ccc(-c4ccc(N5CCCCC5)nn4)cc3)CC2=O)cc1. The molecular formula is C27H29N5O3. The molecule has 8 nitrogen and oxygen atoms in total. The van der Waals surface area contributed by atoms with Gasteiger partial charge in [-0.3, -0.25) is 9.59 Å². The van der Waals surface area contributed by atoms with E-state index in [2.05, 4.69) is 20.4 Å². The second-order valence-electron chi connectivity index (χ2n) is 8.99. The Morgan fingerprint density at radius 3 is 2.34 bits per heavy atom. The molecule has 35 heavy (non-hydrogen) atoms. The Hall–Kier alpha value is -3.94. The van der Waals surface area contributed by atoms with Gasteiger partial charge < -0.3 is 19.9 Å². The first-order chi connectivity index (χ1) is 17.1. The number of methoxy groups -OCH3 is 1. The number of rotatable bonds is 6. The summed E-state index contributed by atoms with van der Waals surface area (Å²) in [5, 5.41) is 11.8. The molecule has 2 saturated heterocycles. The molecule has 0 radical (unpaired) electrons. The summed E-state index contributed by atoms with van der Waals surface area (Å²) in [6.07, 6.45) is 3.87. The minimum atomic E-state index is -0.405. The lowest BCUT2D eigenvalue weighted by Crippen LogP contribution is -2.30. The van der Waals surface area contributed by atoms with Crippen molar-refractivity contribution in [1.82, 2.24) is 10.2 Å². The summed E-state index contributed by atoms with van der Waals surface area (Å²) in [4.78, 5) is 29.3. The maximum absolute atomic E-state index is 12.8. The first-order valence-electron chi connectivity index (χ1n) is 12.0. The lowest BCUT2D eigenvalue weighted by Gasteiger charge is -2.27. The predicted molar refractivity (Wildman–Crippen MR) is 136 cm³/mol. The number of carbonyl (C=O) groups is 2. The standard InChI is InChI=1S/C27H29N5O3/c1-35-23-11-9-22(10-12-23)32-18-20(17-26(32)33)27(34)28-21-7-5-19(6-8-21)24-13-14-25(30-29-24)31-15-3-2-4-16-31/h5-14,20H,2-4,15-18H2,1H3,(H,28,34). The van der Waals surface area contributed by atoms with Crippen LogP contribution in [-0.4, -0.2) is 48.8 Å². The Morgan fingerprint density at radius 1 is 0.943 bits per heavy atom. The highest BCUT2D eigenvalue weighted by atomic mass is 16.5. The van der Waals surface area contributed by atoms with Crippen molar-refractivity contribution in [2.75, 3.05) is 41.9 Å². The van der Waals surface area contributed by atoms with E-state index >= 15 is 0 Å². The molecule has 2 aliphatic heterocycles. The van der Waals surface area contributed by atoms with Crippen LogP contribution in [0.1, 0.15) is 25.7 Å². The molecule has 8 heteroatoms. The quantitative estimate of drug-likeness (QED) is 0.582. The fourth-order valence-corrected chi connectivity index (χ4v) is 4.63. The molecule has 0 saturated carbocycles. The minimum absolute atomic E-state index is 0.0581. The molecule has 1 N–H and O–H groups in total. The van der Waals surface area contributed by atoms with Crippen molar-refractivity contribution in [2.45, 2.75) is 25.7 Å². The van der Waals surface area contributed by atoms with E-state index in [0.717, 1.165) is 41.6 Å². The molecule has 3 aromatic rings. The normalized spacial score (nSPS) is 18.0. The monoisotopic (exact) mass is 471 g/mol. The van der Waals surface area contributed by atoms with Crippen LogP contribution in [0.4, 0.5) is 17.2 Å². The fourth-order valence-electron chi connectivity index (χ4n) is 4.63. The van der Waals surface area contributed by atoms with Gasteiger partial charge in [-0.2, -0.15) is 0 Å². The van der Waals surface area contributed by atoms with Gasteiger partial charge in [0.25, 0.3) is 0 Å². The molecule has 2 fully saturated rings. The van der Waals surface area contributed by atoms with Crippen molar-refractivity contribution in [3.8, 4) is 17.0 Å². The molecule has 2 amide bonds. The van der Waals surface area contributed by atoms with E-state index in [0.29, 0.717) is 12.2 Å². The number of piperidine rings is 1. The second kappa shape index (κ2) is 10.1. The molecule has 1 aromatic heterocycles. The zero-order valence-electron chi connectivity index (χ0n) is 19.8. The van der Waals surface area contributed by atoms with E-state index < -0.39 is 5.92 Å². The van der Waals surface area contributed by atoms with Gasteiger partial charge in [0, 0.05) is 43.0 Å². The van der Waals surface area contributed by atoms with Crippen molar-refractivity contribution in [3.05, 3.63) is 60.7 Å². The topological polar surface area (TPSA) is 87.7 Å². The first-order valence-corrected chi connectivity index (χ1v) is 12.0. The van der Waals surface area contributed by atoms with Crippen molar-refractivity contribution in [3.63, 3.8) is 0 Å². The Morgan fingerprint density at radius 2 is 1.69 bits per heavy atom. The average molecular weight is 472 g/mol. The highest BCUT2D eigenvalue weighted by Gasteiger charge is 2.35. The van der Waals surface area contributed by atoms with Gasteiger partial charge in [-0.25, -0.2) is 0 Å². The van der Waals surface area contributed by atoms with Crippen LogP contribution < -0.4 is 19.9 Å². The van der Waals surface area contributed by atoms with Crippen LogP contribution in [-0.2, 0) is 9.59 Å². The second-order valence-corrected chi connectivity index (χ2v) is 8.99. The zero-order valence-corrected chi connectivity index (χ0v) is 19.8. The summed E-state index contributed by atoms with van der Waals surface area (Å²) in [7, 11) is 1.60. The highest BCUT2D eigenvalue weighted by Crippen LogP contribution is 2.28. The maximum atomic E-state index is 12.8. The summed E-state index contributed by atoms with van der Waals surface area (Å²) in [6.45, 7) is 2.42. The van der Waals surface area contributed by atoms with E-state index in [1.807, 2.05) is 60.7 Å². The van der Waals surface area contributed by atoms with Crippen LogP contribution in [0.15, 0.2) is 60.7 Å². The van der Waals surface area contributed by atoms with Crippen LogP contribution in [0.2, 0.25) is 0 Å². The summed E-state index contributed by atoms with van der Waals surface area (Å²) in [5.74, 6) is 1.02. The van der Waals surface area contributed by atoms with E-state index in [9.17, 15) is 9.59 Å². The lowest BCUT2D eigenvalue weighted by atomic mass is 10.1. The third kappa shape index (κ3) is 5.11. The van der Waals surface area contributed by atoms with E-state index in [-0.39, 0.29) is 18.2 Å². The van der Waals surface area contributed by atoms with E-state index in [4.69, 9.17) is 4.74 Å². The minimum Gasteiger partial charge on any atom is -0.497 e. The molecule has 0 aliphatic carbocycles. The third-order valence-electron chi connectivity index (χ3n) is 6.66. The van der Waals surface area contributed by atoms with Gasteiger partial charge in [-0.05, 0) is 67.8 Å². The number of carbonyl (C=O) groups excluding carboxylic acids is 2. The number of nitrogens with zero attached hydrogens (tertiary/aromatic N) is 4. The molecule has 0 spiro atoms. The van der Waals surface area contributed by atoms with Gasteiger partial charge in [-0.1, -0.05) is 12.1 Å². The number of amides is 2. The number of anilines is 3. The Kier molecular flexibility index (Phi) is 6.61. The van der Waals surface area contributed by atoms with Gasteiger partial charge in [0.2, 0.25) is 11.8 Å². The third-order valence-corrected chi connectivity index (χ3v) is 6.66. The predicted octanol–water partition coefficient (Wildman–Crippen LogP) is 4.13. The number of ether oxygens (including phenoxy) is 1. The van der Waals surface area contributed by atoms with Crippen molar-refractivity contribution >= 4 is 29.0 Å². The summed E-state index contributed by atoms with van der Waals surface area (Å²) in [6, 6.07) is 18.8. The molecule has 2 aromatic carbocycles. The molecule has 5 rings (SSSR count). The smallest absolute Gasteiger partial charge is 0.229 e. The molecule has 1 atom stereocenters. The lowest BCUT2D eigenvalue weighted by molar-refractivity contribution is -0.122. The molecule has 180 valence electrons. The number of aromatic nitrogens is 2. The van der Waals surface area contributed by atoms with E-state index in [1.165, 1.54) is 19.3 Å². The van der Waals surface area contributed by atoms with Gasteiger partial charge in [0.05, 0.1) is 18.7 Å². The van der Waals surface area contributed by atoms with E-state index in [1.54, 1.807) is 12.0 Å². The number of benzene rings is 2. The summed E-state index contributed by atoms with van der Waals surface area (Å²) in [5.41, 5.74) is 3.18. The van der Waals surface area contributed by atoms with Crippen molar-refractivity contribution < 1.29 is 14.3 Å². The van der Waals surface area contributed by atoms with Crippen LogP contribution in [0.5, 0.6) is 5.75 Å². The first kappa shape index (κ1) is 22.8. The summed E-state index contributed by atoms with van der Waals surface area (Å²) >= 11 is 0. The number of hydrogen-bond donors (Lipinski definition) is 1. The van der Waals surface area contributed by atoms with Crippen molar-refractivity contribution in [2.24, 2.45) is 5.92 Å². The number of hydrogen-bond acceptors (Lipinski definition) is 6. The summed E-state index contributed by atoms with van der Waals surface area (Å²) < 4.78 is 5.17. The zero-order chi connectivity index (χ0) is 24.2. The molecule has 1 unspecified atom stereocenters. The molecule has 0 bridgehead atoms. The van der Waals surface area contributed by atoms with Crippen LogP contribution in [0.25, 0.3) is 11.3 Å². The highest BCUT2D eigenvalue weighted by molar-refractivity contribution is 6.03. The van der Waals surface area contributed by atoms with Gasteiger partial charge >= 0.3 is 0 Å². The molecule has 2 aliphatic rings. The molecular weight excluding hydrogens is 442 g/mol. The van der Waals surface area contributed by atoms with Crippen LogP contribution in [0.3, 0.4) is 0 Å². The molecule has 3 heterocycles.